The molecule has 0 saturated carbocycles. The Morgan fingerprint density at radius 3 is 2.52 bits per heavy atom. The first-order valence-electron chi connectivity index (χ1n) is 8.14. The van der Waals surface area contributed by atoms with Crippen LogP contribution < -0.4 is 5.32 Å². The van der Waals surface area contributed by atoms with Gasteiger partial charge in [0.2, 0.25) is 5.91 Å². The molecule has 0 spiro atoms. The molecule has 0 radical (unpaired) electrons. The average molecular weight is 322 g/mol. The number of amides is 1. The van der Waals surface area contributed by atoms with Gasteiger partial charge in [-0.1, -0.05) is 30.3 Å². The number of nitrogens with zero attached hydrogens (tertiary/aromatic N) is 1. The van der Waals surface area contributed by atoms with Crippen molar-refractivity contribution in [1.29, 1.82) is 0 Å². The van der Waals surface area contributed by atoms with Gasteiger partial charge in [0.25, 0.3) is 0 Å². The van der Waals surface area contributed by atoms with Crippen LogP contribution in [0.3, 0.4) is 0 Å². The SMILES string of the molecule is CCNC(=O)[C@@H]1[C@H](O)[C@H](O)[C@@H](CO)N1CCCc1ccccc1. The van der Waals surface area contributed by atoms with Gasteiger partial charge in [-0.05, 0) is 31.9 Å². The first-order chi connectivity index (χ1) is 11.1. The van der Waals surface area contributed by atoms with Gasteiger partial charge in [0.15, 0.2) is 0 Å². The molecule has 0 aliphatic carbocycles. The van der Waals surface area contributed by atoms with Crippen molar-refractivity contribution in [2.45, 2.75) is 44.1 Å². The lowest BCUT2D eigenvalue weighted by molar-refractivity contribution is -0.128. The molecule has 6 heteroatoms. The van der Waals surface area contributed by atoms with Gasteiger partial charge < -0.3 is 20.6 Å². The molecule has 1 saturated heterocycles. The van der Waals surface area contributed by atoms with E-state index in [4.69, 9.17) is 0 Å². The standard InChI is InChI=1S/C17H26N2O4/c1-2-18-17(23)14-16(22)15(21)13(11-20)19(14)10-6-9-12-7-4-3-5-8-12/h3-5,7-8,13-16,20-22H,2,6,9-11H2,1H3,(H,18,23)/t13-,14+,15-,16+/m1/s1. The number of nitrogens with one attached hydrogen (secondary N) is 1. The number of hydrogen-bond donors (Lipinski definition) is 4. The van der Waals surface area contributed by atoms with Crippen LogP contribution in [0.25, 0.3) is 0 Å². The molecule has 128 valence electrons. The fourth-order valence-electron chi connectivity index (χ4n) is 3.23. The number of aliphatic hydroxyl groups excluding tert-OH is 3. The van der Waals surface area contributed by atoms with E-state index >= 15 is 0 Å². The maximum absolute atomic E-state index is 12.2. The Balaban J connectivity index is 2.03. The third kappa shape index (κ3) is 4.09. The van der Waals surface area contributed by atoms with E-state index in [0.29, 0.717) is 13.1 Å². The van der Waals surface area contributed by atoms with Gasteiger partial charge >= 0.3 is 0 Å². The summed E-state index contributed by atoms with van der Waals surface area (Å²) in [5, 5.41) is 32.5. The minimum atomic E-state index is -1.18. The summed E-state index contributed by atoms with van der Waals surface area (Å²) in [6.07, 6.45) is -0.695. The smallest absolute Gasteiger partial charge is 0.240 e. The Morgan fingerprint density at radius 2 is 1.91 bits per heavy atom. The molecule has 1 aliphatic rings. The Morgan fingerprint density at radius 1 is 1.22 bits per heavy atom. The zero-order valence-electron chi connectivity index (χ0n) is 13.4. The number of aryl methyl sites for hydroxylation is 1. The van der Waals surface area contributed by atoms with Crippen molar-refractivity contribution in [3.8, 4) is 0 Å². The predicted molar refractivity (Wildman–Crippen MR) is 86.8 cm³/mol. The summed E-state index contributed by atoms with van der Waals surface area (Å²) >= 11 is 0. The molecule has 1 fully saturated rings. The highest BCUT2D eigenvalue weighted by molar-refractivity contribution is 5.83. The highest BCUT2D eigenvalue weighted by Crippen LogP contribution is 2.26. The maximum Gasteiger partial charge on any atom is 0.240 e. The van der Waals surface area contributed by atoms with Crippen LogP contribution >= 0.6 is 0 Å². The number of carbonyl (C=O) groups is 1. The lowest BCUT2D eigenvalue weighted by Crippen LogP contribution is -2.50. The van der Waals surface area contributed by atoms with E-state index in [2.05, 4.69) is 5.32 Å². The van der Waals surface area contributed by atoms with Crippen molar-refractivity contribution in [3.05, 3.63) is 35.9 Å². The number of likely N-dealkylation sites (tertiary alicyclic amines) is 1. The van der Waals surface area contributed by atoms with Crippen LogP contribution in [0.1, 0.15) is 18.9 Å². The number of carbonyl (C=O) groups excluding carboxylic acids is 1. The molecule has 1 aromatic rings. The first kappa shape index (κ1) is 17.9. The number of likely N-dealkylation sites (N-methyl/N-ethyl adjacent to an activating group) is 1. The summed E-state index contributed by atoms with van der Waals surface area (Å²) < 4.78 is 0. The molecule has 23 heavy (non-hydrogen) atoms. The van der Waals surface area contributed by atoms with E-state index in [1.807, 2.05) is 30.3 Å². The summed E-state index contributed by atoms with van der Waals surface area (Å²) in [6, 6.07) is 8.56. The highest BCUT2D eigenvalue weighted by Gasteiger charge is 2.50. The summed E-state index contributed by atoms with van der Waals surface area (Å²) in [4.78, 5) is 13.9. The number of rotatable bonds is 7. The van der Waals surface area contributed by atoms with Gasteiger partial charge in [-0.2, -0.15) is 0 Å². The molecular formula is C17H26N2O4. The fourth-order valence-corrected chi connectivity index (χ4v) is 3.23. The van der Waals surface area contributed by atoms with Crippen molar-refractivity contribution >= 4 is 5.91 Å². The molecule has 1 aromatic carbocycles. The Bertz CT molecular complexity index is 497. The summed E-state index contributed by atoms with van der Waals surface area (Å²) in [5.41, 5.74) is 1.20. The van der Waals surface area contributed by atoms with E-state index in [0.717, 1.165) is 12.8 Å². The second-order valence-corrected chi connectivity index (χ2v) is 5.90. The lowest BCUT2D eigenvalue weighted by Gasteiger charge is -2.28. The number of hydrogen-bond acceptors (Lipinski definition) is 5. The molecule has 1 heterocycles. The van der Waals surface area contributed by atoms with Gasteiger partial charge in [0.1, 0.15) is 12.1 Å². The van der Waals surface area contributed by atoms with E-state index < -0.39 is 24.3 Å². The van der Waals surface area contributed by atoms with Crippen LogP contribution in [-0.4, -0.2) is 70.1 Å². The molecule has 0 aromatic heterocycles. The van der Waals surface area contributed by atoms with E-state index in [9.17, 15) is 20.1 Å². The summed E-state index contributed by atoms with van der Waals surface area (Å²) in [7, 11) is 0. The van der Waals surface area contributed by atoms with Gasteiger partial charge in [-0.15, -0.1) is 0 Å². The Labute approximate surface area is 136 Å². The van der Waals surface area contributed by atoms with E-state index in [-0.39, 0.29) is 12.5 Å². The third-order valence-electron chi connectivity index (χ3n) is 4.38. The van der Waals surface area contributed by atoms with Crippen LogP contribution in [0.4, 0.5) is 0 Å². The van der Waals surface area contributed by atoms with E-state index in [1.165, 1.54) is 5.56 Å². The summed E-state index contributed by atoms with van der Waals surface area (Å²) in [6.45, 7) is 2.49. The molecule has 1 aliphatic heterocycles. The second kappa shape index (κ2) is 8.40. The van der Waals surface area contributed by atoms with Gasteiger partial charge in [-0.25, -0.2) is 0 Å². The lowest BCUT2D eigenvalue weighted by atomic mass is 10.1. The minimum Gasteiger partial charge on any atom is -0.395 e. The van der Waals surface area contributed by atoms with Crippen LogP contribution in [-0.2, 0) is 11.2 Å². The van der Waals surface area contributed by atoms with Crippen LogP contribution in [0.2, 0.25) is 0 Å². The average Bonchev–Trinajstić information content (AvgIpc) is 2.79. The van der Waals surface area contributed by atoms with Crippen LogP contribution in [0.15, 0.2) is 30.3 Å². The number of aliphatic hydroxyl groups is 3. The molecular weight excluding hydrogens is 296 g/mol. The molecule has 1 amide bonds. The van der Waals surface area contributed by atoms with Crippen molar-refractivity contribution in [2.24, 2.45) is 0 Å². The first-order valence-corrected chi connectivity index (χ1v) is 8.14. The monoisotopic (exact) mass is 322 g/mol. The quantitative estimate of drug-likeness (QED) is 0.544. The van der Waals surface area contributed by atoms with E-state index in [1.54, 1.807) is 11.8 Å². The Kier molecular flexibility index (Phi) is 6.53. The Hall–Kier alpha value is -1.47. The normalized spacial score (nSPS) is 28.0. The zero-order chi connectivity index (χ0) is 16.8. The topological polar surface area (TPSA) is 93.0 Å². The molecule has 6 nitrogen and oxygen atoms in total. The highest BCUT2D eigenvalue weighted by atomic mass is 16.3. The van der Waals surface area contributed by atoms with Crippen LogP contribution in [0.5, 0.6) is 0 Å². The summed E-state index contributed by atoms with van der Waals surface area (Å²) in [5.74, 6) is -0.310. The molecule has 0 bridgehead atoms. The minimum absolute atomic E-state index is 0.292. The largest absolute Gasteiger partial charge is 0.395 e. The van der Waals surface area contributed by atoms with Gasteiger partial charge in [0, 0.05) is 6.54 Å². The third-order valence-corrected chi connectivity index (χ3v) is 4.38. The molecule has 4 N–H and O–H groups in total. The van der Waals surface area contributed by atoms with Gasteiger partial charge in [-0.3, -0.25) is 9.69 Å². The van der Waals surface area contributed by atoms with Crippen LogP contribution in [0, 0.1) is 0 Å². The zero-order valence-corrected chi connectivity index (χ0v) is 13.4. The van der Waals surface area contributed by atoms with Crippen molar-refractivity contribution in [2.75, 3.05) is 19.7 Å². The predicted octanol–water partition coefficient (Wildman–Crippen LogP) is -0.478. The molecule has 4 atom stereocenters. The van der Waals surface area contributed by atoms with Crippen molar-refractivity contribution in [3.63, 3.8) is 0 Å². The van der Waals surface area contributed by atoms with Gasteiger partial charge in [0.05, 0.1) is 18.8 Å². The number of benzene rings is 1. The fraction of sp³-hybridized carbons (Fsp3) is 0.588. The molecule has 0 unspecified atom stereocenters. The van der Waals surface area contributed by atoms with Crippen molar-refractivity contribution < 1.29 is 20.1 Å². The molecule has 2 rings (SSSR count). The maximum atomic E-state index is 12.2. The van der Waals surface area contributed by atoms with Crippen molar-refractivity contribution in [1.82, 2.24) is 10.2 Å². The second-order valence-electron chi connectivity index (χ2n) is 5.90.